The fourth-order valence-electron chi connectivity index (χ4n) is 4.74. The van der Waals surface area contributed by atoms with Crippen molar-refractivity contribution in [2.45, 2.75) is 13.8 Å². The van der Waals surface area contributed by atoms with Gasteiger partial charge in [-0.05, 0) is 25.1 Å². The van der Waals surface area contributed by atoms with E-state index in [-0.39, 0.29) is 24.3 Å². The van der Waals surface area contributed by atoms with Crippen LogP contribution in [0.3, 0.4) is 0 Å². The number of para-hydroxylation sites is 2. The third-order valence-electron chi connectivity index (χ3n) is 6.65. The zero-order valence-electron chi connectivity index (χ0n) is 21.1. The first-order valence-corrected chi connectivity index (χ1v) is 12.5. The molecule has 0 saturated carbocycles. The van der Waals surface area contributed by atoms with Crippen molar-refractivity contribution in [3.63, 3.8) is 0 Å². The molecule has 0 atom stereocenters. The van der Waals surface area contributed by atoms with Crippen molar-refractivity contribution in [1.82, 2.24) is 19.8 Å². The highest BCUT2D eigenvalue weighted by molar-refractivity contribution is 6.18. The number of likely N-dealkylation sites (N-methyl/N-ethyl adjacent to an activating group) is 1. The smallest absolute Gasteiger partial charge is 0.263 e. The number of hydrogen-bond donors (Lipinski definition) is 0. The zero-order valence-corrected chi connectivity index (χ0v) is 21.1. The van der Waals surface area contributed by atoms with E-state index < -0.39 is 0 Å². The Bertz CT molecular complexity index is 1250. The Morgan fingerprint density at radius 1 is 0.944 bits per heavy atom. The molecule has 5 rings (SSSR count). The molecule has 0 bridgehead atoms. The van der Waals surface area contributed by atoms with E-state index in [0.717, 1.165) is 31.7 Å². The molecule has 0 aliphatic carbocycles. The molecule has 1 fully saturated rings. The maximum Gasteiger partial charge on any atom is 0.263 e. The first kappa shape index (κ1) is 24.1. The summed E-state index contributed by atoms with van der Waals surface area (Å²) in [6.07, 6.45) is 1.57. The van der Waals surface area contributed by atoms with Gasteiger partial charge in [0.2, 0.25) is 5.91 Å². The van der Waals surface area contributed by atoms with E-state index in [0.29, 0.717) is 35.1 Å². The zero-order chi connectivity index (χ0) is 25.2. The van der Waals surface area contributed by atoms with Crippen LogP contribution in [0.5, 0.6) is 0 Å². The van der Waals surface area contributed by atoms with Gasteiger partial charge in [-0.2, -0.15) is 0 Å². The van der Waals surface area contributed by atoms with Crippen molar-refractivity contribution in [3.05, 3.63) is 66.4 Å². The number of anilines is 3. The Balaban J connectivity index is 1.64. The number of nitrogens with zero attached hydrogens (tertiary/aromatic N) is 6. The average Bonchev–Trinajstić information content (AvgIpc) is 2.98. The molecule has 186 valence electrons. The number of carbonyl (C=O) groups excluding carboxylic acids is 2. The fraction of sp³-hybridized carbons (Fsp3) is 0.357. The molecule has 2 aliphatic rings. The van der Waals surface area contributed by atoms with Crippen molar-refractivity contribution < 1.29 is 9.59 Å². The van der Waals surface area contributed by atoms with Crippen LogP contribution in [0.15, 0.2) is 60.8 Å². The molecule has 3 aromatic rings. The Morgan fingerprint density at radius 2 is 1.61 bits per heavy atom. The van der Waals surface area contributed by atoms with E-state index in [1.807, 2.05) is 54.6 Å². The van der Waals surface area contributed by atoms with Crippen LogP contribution in [0.2, 0.25) is 0 Å². The molecule has 0 radical (unpaired) electrons. The number of fused-ring (bicyclic) bond motifs is 2. The summed E-state index contributed by atoms with van der Waals surface area (Å²) in [5.74, 6) is 0.759. The van der Waals surface area contributed by atoms with Gasteiger partial charge < -0.3 is 9.80 Å². The van der Waals surface area contributed by atoms with Gasteiger partial charge in [-0.3, -0.25) is 19.4 Å². The average molecular weight is 485 g/mol. The molecule has 0 spiro atoms. The van der Waals surface area contributed by atoms with Gasteiger partial charge in [0.05, 0.1) is 17.9 Å². The van der Waals surface area contributed by atoms with Gasteiger partial charge in [-0.15, -0.1) is 0 Å². The molecule has 0 unspecified atom stereocenters. The predicted molar refractivity (Wildman–Crippen MR) is 142 cm³/mol. The number of piperazine rings is 1. The molecular weight excluding hydrogens is 452 g/mol. The summed E-state index contributed by atoms with van der Waals surface area (Å²) in [6.45, 7) is 8.41. The van der Waals surface area contributed by atoms with E-state index >= 15 is 0 Å². The van der Waals surface area contributed by atoms with Crippen LogP contribution in [0, 0.1) is 5.92 Å². The van der Waals surface area contributed by atoms with Crippen molar-refractivity contribution in [2.75, 3.05) is 56.1 Å². The number of carbonyl (C=O) groups is 2. The number of benzene rings is 2. The lowest BCUT2D eigenvalue weighted by Crippen LogP contribution is -2.48. The molecule has 8 nitrogen and oxygen atoms in total. The Morgan fingerprint density at radius 3 is 2.31 bits per heavy atom. The van der Waals surface area contributed by atoms with Crippen molar-refractivity contribution in [3.8, 4) is 11.4 Å². The van der Waals surface area contributed by atoms with Crippen LogP contribution in [0.1, 0.15) is 24.2 Å². The van der Waals surface area contributed by atoms with Gasteiger partial charge in [0.25, 0.3) is 5.91 Å². The summed E-state index contributed by atoms with van der Waals surface area (Å²) in [6, 6.07) is 17.2. The molecule has 2 aliphatic heterocycles. The molecular formula is C28H32N6O2. The van der Waals surface area contributed by atoms with Gasteiger partial charge in [0.1, 0.15) is 5.56 Å². The summed E-state index contributed by atoms with van der Waals surface area (Å²) in [7, 11) is 2.09. The van der Waals surface area contributed by atoms with Crippen molar-refractivity contribution in [2.24, 2.45) is 5.92 Å². The van der Waals surface area contributed by atoms with E-state index in [1.165, 1.54) is 0 Å². The van der Waals surface area contributed by atoms with Crippen LogP contribution < -0.4 is 9.80 Å². The van der Waals surface area contributed by atoms with Crippen LogP contribution in [-0.2, 0) is 4.79 Å². The number of rotatable bonds is 5. The van der Waals surface area contributed by atoms with Gasteiger partial charge in [0, 0.05) is 44.5 Å². The first-order valence-electron chi connectivity index (χ1n) is 12.5. The Kier molecular flexibility index (Phi) is 6.80. The minimum Gasteiger partial charge on any atom is -0.306 e. The van der Waals surface area contributed by atoms with Crippen molar-refractivity contribution >= 4 is 29.0 Å². The van der Waals surface area contributed by atoms with Crippen LogP contribution in [0.25, 0.3) is 11.4 Å². The molecule has 3 heterocycles. The van der Waals surface area contributed by atoms with Crippen LogP contribution in [0.4, 0.5) is 17.2 Å². The summed E-state index contributed by atoms with van der Waals surface area (Å²) in [5.41, 5.74) is 2.54. The summed E-state index contributed by atoms with van der Waals surface area (Å²) < 4.78 is 0. The summed E-state index contributed by atoms with van der Waals surface area (Å²) >= 11 is 0. The number of hydrogen-bond acceptors (Lipinski definition) is 6. The molecule has 0 N–H and O–H groups in total. The van der Waals surface area contributed by atoms with Gasteiger partial charge in [0.15, 0.2) is 11.6 Å². The highest BCUT2D eigenvalue weighted by Gasteiger charge is 2.36. The van der Waals surface area contributed by atoms with E-state index in [9.17, 15) is 9.59 Å². The summed E-state index contributed by atoms with van der Waals surface area (Å²) in [5, 5.41) is 0. The minimum absolute atomic E-state index is 0.106. The lowest BCUT2D eigenvalue weighted by molar-refractivity contribution is -0.119. The van der Waals surface area contributed by atoms with Crippen LogP contribution >= 0.6 is 0 Å². The fourth-order valence-corrected chi connectivity index (χ4v) is 4.74. The Labute approximate surface area is 212 Å². The SMILES string of the molecule is CC(C)CN1C(=O)c2cnc(-c3ccccc3)nc2N(C(=O)CN2CCN(C)CC2)c2ccccc21. The first-order chi connectivity index (χ1) is 17.4. The maximum absolute atomic E-state index is 14.0. The highest BCUT2D eigenvalue weighted by Crippen LogP contribution is 2.40. The maximum atomic E-state index is 14.0. The monoisotopic (exact) mass is 484 g/mol. The number of aromatic nitrogens is 2. The largest absolute Gasteiger partial charge is 0.306 e. The second-order valence-corrected chi connectivity index (χ2v) is 9.90. The summed E-state index contributed by atoms with van der Waals surface area (Å²) in [4.78, 5) is 45.1. The van der Waals surface area contributed by atoms with E-state index in [1.54, 1.807) is 16.0 Å². The molecule has 36 heavy (non-hydrogen) atoms. The van der Waals surface area contributed by atoms with Crippen molar-refractivity contribution in [1.29, 1.82) is 0 Å². The van der Waals surface area contributed by atoms with Gasteiger partial charge in [-0.25, -0.2) is 9.97 Å². The molecule has 2 aromatic carbocycles. The Hall–Kier alpha value is -3.62. The second kappa shape index (κ2) is 10.2. The molecule has 1 aromatic heterocycles. The quantitative estimate of drug-likeness (QED) is 0.550. The molecule has 2 amide bonds. The van der Waals surface area contributed by atoms with Crippen LogP contribution in [-0.4, -0.2) is 77.9 Å². The third kappa shape index (κ3) is 4.74. The highest BCUT2D eigenvalue weighted by atomic mass is 16.2. The second-order valence-electron chi connectivity index (χ2n) is 9.90. The molecule has 8 heteroatoms. The lowest BCUT2D eigenvalue weighted by atomic mass is 10.1. The van der Waals surface area contributed by atoms with E-state index in [4.69, 9.17) is 4.98 Å². The predicted octanol–water partition coefficient (Wildman–Crippen LogP) is 3.67. The normalized spacial score (nSPS) is 16.6. The lowest BCUT2D eigenvalue weighted by Gasteiger charge is -2.33. The topological polar surface area (TPSA) is 72.9 Å². The molecule has 1 saturated heterocycles. The van der Waals surface area contributed by atoms with Gasteiger partial charge in [-0.1, -0.05) is 56.3 Å². The van der Waals surface area contributed by atoms with Gasteiger partial charge >= 0.3 is 0 Å². The third-order valence-corrected chi connectivity index (χ3v) is 6.65. The standard InChI is InChI=1S/C28H32N6O2/c1-20(2)18-33-23-11-7-8-12-24(23)34(25(35)19-32-15-13-31(3)14-16-32)27-22(28(33)36)17-29-26(30-27)21-9-5-4-6-10-21/h4-12,17,20H,13-16,18-19H2,1-3H3. The number of amides is 2. The minimum atomic E-state index is -0.194. The van der Waals surface area contributed by atoms with E-state index in [2.05, 4.69) is 35.7 Å².